The van der Waals surface area contributed by atoms with E-state index in [2.05, 4.69) is 14.7 Å². The van der Waals surface area contributed by atoms with Crippen LogP contribution < -0.4 is 4.90 Å². The van der Waals surface area contributed by atoms with Gasteiger partial charge in [-0.05, 0) is 12.1 Å². The van der Waals surface area contributed by atoms with Gasteiger partial charge >= 0.3 is 0 Å². The van der Waals surface area contributed by atoms with Gasteiger partial charge < -0.3 is 9.80 Å². The molecule has 2 aliphatic heterocycles. The monoisotopic (exact) mass is 338 g/mol. The van der Waals surface area contributed by atoms with E-state index in [1.807, 2.05) is 12.1 Å². The van der Waals surface area contributed by atoms with Gasteiger partial charge in [-0.15, -0.1) is 0 Å². The summed E-state index contributed by atoms with van der Waals surface area (Å²) in [6, 6.07) is 6.81. The highest BCUT2D eigenvalue weighted by atomic mass is 32.2. The Morgan fingerprint density at radius 1 is 1.14 bits per heavy atom. The average molecular weight is 338 g/mol. The molecule has 0 bridgehead atoms. The van der Waals surface area contributed by atoms with E-state index in [-0.39, 0.29) is 10.6 Å². The summed E-state index contributed by atoms with van der Waals surface area (Å²) in [7, 11) is 0. The van der Waals surface area contributed by atoms with Crippen LogP contribution in [0.25, 0.3) is 0 Å². The summed E-state index contributed by atoms with van der Waals surface area (Å²) in [5.74, 6) is 1.10. The van der Waals surface area contributed by atoms with Crippen LogP contribution >= 0.6 is 24.0 Å². The van der Waals surface area contributed by atoms with E-state index in [1.165, 1.54) is 0 Å². The lowest BCUT2D eigenvalue weighted by Crippen LogP contribution is -2.50. The van der Waals surface area contributed by atoms with Crippen molar-refractivity contribution < 1.29 is 4.92 Å². The minimum absolute atomic E-state index is 0.141. The van der Waals surface area contributed by atoms with Crippen LogP contribution in [-0.4, -0.2) is 64.2 Å². The molecule has 118 valence electrons. The second-order valence-corrected chi connectivity index (χ2v) is 7.13. The van der Waals surface area contributed by atoms with Gasteiger partial charge in [0.15, 0.2) is 0 Å². The number of rotatable bonds is 4. The largest absolute Gasteiger partial charge is 0.369 e. The van der Waals surface area contributed by atoms with Crippen molar-refractivity contribution in [1.82, 2.24) is 9.80 Å². The van der Waals surface area contributed by atoms with Gasteiger partial charge in [0.2, 0.25) is 0 Å². The number of nitrogens with zero attached hydrogens (tertiary/aromatic N) is 4. The minimum Gasteiger partial charge on any atom is -0.369 e. The van der Waals surface area contributed by atoms with Crippen molar-refractivity contribution in [2.75, 3.05) is 50.0 Å². The third kappa shape index (κ3) is 3.50. The smallest absolute Gasteiger partial charge is 0.269 e. The molecule has 3 rings (SSSR count). The number of thioether (sulfide) groups is 1. The Balaban J connectivity index is 1.52. The first-order chi connectivity index (χ1) is 10.6. The Morgan fingerprint density at radius 2 is 1.82 bits per heavy atom. The van der Waals surface area contributed by atoms with E-state index >= 15 is 0 Å². The molecule has 2 heterocycles. The summed E-state index contributed by atoms with van der Waals surface area (Å²) in [5, 5.41) is 10.7. The van der Waals surface area contributed by atoms with Gasteiger partial charge in [0, 0.05) is 56.3 Å². The highest BCUT2D eigenvalue weighted by molar-refractivity contribution is 8.23. The Morgan fingerprint density at radius 3 is 2.36 bits per heavy atom. The molecule has 8 heteroatoms. The van der Waals surface area contributed by atoms with Crippen LogP contribution in [0.2, 0.25) is 0 Å². The molecule has 0 spiro atoms. The van der Waals surface area contributed by atoms with Gasteiger partial charge in [-0.25, -0.2) is 0 Å². The number of nitro benzene ring substituents is 1. The summed E-state index contributed by atoms with van der Waals surface area (Å²) in [4.78, 5) is 17.3. The summed E-state index contributed by atoms with van der Waals surface area (Å²) in [6.45, 7) is 5.81. The summed E-state index contributed by atoms with van der Waals surface area (Å²) in [5.41, 5.74) is 1.19. The Labute approximate surface area is 139 Å². The molecular formula is C14H18N4O2S2. The number of thiocarbonyl (C=S) groups is 1. The number of benzene rings is 1. The quantitative estimate of drug-likeness (QED) is 0.473. The van der Waals surface area contributed by atoms with Gasteiger partial charge in [0.1, 0.15) is 4.32 Å². The summed E-state index contributed by atoms with van der Waals surface area (Å²) in [6.07, 6.45) is 0. The van der Waals surface area contributed by atoms with Crippen LogP contribution in [0.1, 0.15) is 0 Å². The minimum atomic E-state index is -0.362. The summed E-state index contributed by atoms with van der Waals surface area (Å²) < 4.78 is 1.01. The molecule has 1 aromatic rings. The van der Waals surface area contributed by atoms with E-state index in [0.717, 1.165) is 55.2 Å². The maximum Gasteiger partial charge on any atom is 0.269 e. The van der Waals surface area contributed by atoms with Gasteiger partial charge in [0.05, 0.1) is 11.6 Å². The van der Waals surface area contributed by atoms with Crippen molar-refractivity contribution in [2.45, 2.75) is 0 Å². The molecule has 0 unspecified atom stereocenters. The van der Waals surface area contributed by atoms with Crippen LogP contribution in [0.5, 0.6) is 0 Å². The van der Waals surface area contributed by atoms with Gasteiger partial charge in [-0.1, -0.05) is 24.0 Å². The molecule has 0 amide bonds. The predicted octanol–water partition coefficient (Wildman–Crippen LogP) is 2.01. The fourth-order valence-corrected chi connectivity index (χ4v) is 3.95. The third-order valence-electron chi connectivity index (χ3n) is 4.01. The number of non-ortho nitro benzene ring substituents is 1. The van der Waals surface area contributed by atoms with Crippen LogP contribution in [0.4, 0.5) is 11.4 Å². The van der Waals surface area contributed by atoms with E-state index in [0.29, 0.717) is 0 Å². The van der Waals surface area contributed by atoms with Crippen LogP contribution in [0, 0.1) is 10.1 Å². The van der Waals surface area contributed by atoms with Gasteiger partial charge in [-0.2, -0.15) is 0 Å². The van der Waals surface area contributed by atoms with Crippen molar-refractivity contribution >= 4 is 39.7 Å². The lowest BCUT2D eigenvalue weighted by Gasteiger charge is -2.37. The topological polar surface area (TPSA) is 52.9 Å². The van der Waals surface area contributed by atoms with Crippen molar-refractivity contribution in [3.8, 4) is 0 Å². The lowest BCUT2D eigenvalue weighted by atomic mass is 10.2. The molecule has 22 heavy (non-hydrogen) atoms. The van der Waals surface area contributed by atoms with Crippen molar-refractivity contribution in [1.29, 1.82) is 0 Å². The van der Waals surface area contributed by atoms with E-state index in [9.17, 15) is 10.1 Å². The molecule has 2 fully saturated rings. The maximum absolute atomic E-state index is 10.7. The number of hydrogen-bond acceptors (Lipinski definition) is 6. The Hall–Kier alpha value is -1.38. The number of piperazine rings is 1. The molecule has 1 aromatic carbocycles. The molecule has 6 nitrogen and oxygen atoms in total. The zero-order chi connectivity index (χ0) is 15.5. The highest BCUT2D eigenvalue weighted by Crippen LogP contribution is 2.22. The SMILES string of the molecule is O=[N+]([O-])c1ccc(N2CCN(CN3CCSC3=S)CC2)cc1. The van der Waals surface area contributed by atoms with Crippen molar-refractivity contribution in [2.24, 2.45) is 0 Å². The molecular weight excluding hydrogens is 320 g/mol. The van der Waals surface area contributed by atoms with E-state index < -0.39 is 0 Å². The molecule has 2 saturated heterocycles. The second kappa shape index (κ2) is 6.80. The first-order valence-electron chi connectivity index (χ1n) is 7.27. The molecule has 0 aromatic heterocycles. The van der Waals surface area contributed by atoms with Crippen LogP contribution in [0.3, 0.4) is 0 Å². The fraction of sp³-hybridized carbons (Fsp3) is 0.500. The maximum atomic E-state index is 10.7. The predicted molar refractivity (Wildman–Crippen MR) is 93.5 cm³/mol. The Kier molecular flexibility index (Phi) is 4.80. The second-order valence-electron chi connectivity index (χ2n) is 5.40. The molecule has 0 aliphatic carbocycles. The van der Waals surface area contributed by atoms with Crippen LogP contribution in [0.15, 0.2) is 24.3 Å². The Bertz CT molecular complexity index is 558. The highest BCUT2D eigenvalue weighted by Gasteiger charge is 2.23. The molecule has 0 radical (unpaired) electrons. The van der Waals surface area contributed by atoms with Gasteiger partial charge in [0.25, 0.3) is 5.69 Å². The number of anilines is 1. The van der Waals surface area contributed by atoms with Crippen molar-refractivity contribution in [3.63, 3.8) is 0 Å². The fourth-order valence-electron chi connectivity index (χ4n) is 2.73. The number of nitro groups is 1. The molecule has 0 N–H and O–H groups in total. The molecule has 0 saturated carbocycles. The molecule has 0 atom stereocenters. The first kappa shape index (κ1) is 15.5. The standard InChI is InChI=1S/C14H18N4O2S2/c19-18(20)13-3-1-12(2-4-13)16-7-5-15(6-8-16)11-17-9-10-22-14(17)21/h1-4H,5-11H2. The van der Waals surface area contributed by atoms with Crippen LogP contribution in [-0.2, 0) is 0 Å². The van der Waals surface area contributed by atoms with E-state index in [4.69, 9.17) is 12.2 Å². The van der Waals surface area contributed by atoms with E-state index in [1.54, 1.807) is 23.9 Å². The summed E-state index contributed by atoms with van der Waals surface area (Å²) >= 11 is 7.10. The normalized spacial score (nSPS) is 19.7. The lowest BCUT2D eigenvalue weighted by molar-refractivity contribution is -0.384. The zero-order valence-corrected chi connectivity index (χ0v) is 13.8. The average Bonchev–Trinajstić information content (AvgIpc) is 2.93. The zero-order valence-electron chi connectivity index (χ0n) is 12.2. The number of hydrogen-bond donors (Lipinski definition) is 0. The van der Waals surface area contributed by atoms with Gasteiger partial charge in [-0.3, -0.25) is 15.0 Å². The third-order valence-corrected chi connectivity index (χ3v) is 5.52. The molecule has 2 aliphatic rings. The van der Waals surface area contributed by atoms with Crippen molar-refractivity contribution in [3.05, 3.63) is 34.4 Å². The first-order valence-corrected chi connectivity index (χ1v) is 8.66.